The highest BCUT2D eigenvalue weighted by Crippen LogP contribution is 2.36. The summed E-state index contributed by atoms with van der Waals surface area (Å²) in [4.78, 5) is 3.51. The number of nitrogens with zero attached hydrogens (tertiary/aromatic N) is 2. The maximum Gasteiger partial charge on any atom is 0.269 e. The van der Waals surface area contributed by atoms with Crippen LogP contribution in [-0.4, -0.2) is 27.6 Å². The van der Waals surface area contributed by atoms with E-state index in [-0.39, 0.29) is 22.4 Å². The molecule has 1 aromatic heterocycles. The number of ether oxygens (including phenoxy) is 2. The lowest BCUT2D eigenvalue weighted by molar-refractivity contribution is 0.391. The Kier molecular flexibility index (Phi) is 9.10. The molecule has 0 radical (unpaired) electrons. The maximum atomic E-state index is 15.4. The minimum atomic E-state index is -4.48. The summed E-state index contributed by atoms with van der Waals surface area (Å²) in [6, 6.07) is 11.7. The van der Waals surface area contributed by atoms with Crippen LogP contribution in [0.15, 0.2) is 65.0 Å². The number of benzene rings is 3. The molecule has 3 N–H and O–H groups in total. The van der Waals surface area contributed by atoms with Crippen molar-refractivity contribution >= 4 is 67.0 Å². The van der Waals surface area contributed by atoms with Gasteiger partial charge in [-0.3, -0.25) is 0 Å². The van der Waals surface area contributed by atoms with Crippen LogP contribution in [0, 0.1) is 5.82 Å². The third kappa shape index (κ3) is 6.51. The zero-order chi connectivity index (χ0) is 28.3. The molecule has 0 aliphatic heterocycles. The molecule has 4 aromatic rings. The molecule has 1 atom stereocenters. The number of halogens is 4. The van der Waals surface area contributed by atoms with E-state index in [0.29, 0.717) is 32.7 Å². The van der Waals surface area contributed by atoms with Crippen molar-refractivity contribution in [2.75, 3.05) is 23.8 Å². The molecule has 0 saturated heterocycles. The van der Waals surface area contributed by atoms with E-state index in [4.69, 9.17) is 50.0 Å². The SMILES string of the molecule is COc1ccc(CN(c2nccs2)S(=O)(=O)c2cc(Cl)c(N[C@@H](N)c3cc(Cl)cc(Cl)c3)cc2F)c(OC)c1. The van der Waals surface area contributed by atoms with Crippen molar-refractivity contribution in [3.8, 4) is 11.5 Å². The Morgan fingerprint density at radius 2 is 1.79 bits per heavy atom. The predicted molar refractivity (Wildman–Crippen MR) is 153 cm³/mol. The molecule has 0 saturated carbocycles. The number of methoxy groups -OCH3 is 2. The number of thiazole rings is 1. The molecule has 1 heterocycles. The highest BCUT2D eigenvalue weighted by atomic mass is 35.5. The molecule has 0 amide bonds. The number of hydrogen-bond donors (Lipinski definition) is 2. The minimum Gasteiger partial charge on any atom is -0.497 e. The van der Waals surface area contributed by atoms with E-state index < -0.39 is 26.9 Å². The lowest BCUT2D eigenvalue weighted by Gasteiger charge is -2.24. The Labute approximate surface area is 244 Å². The van der Waals surface area contributed by atoms with E-state index in [9.17, 15) is 8.42 Å². The van der Waals surface area contributed by atoms with Crippen molar-refractivity contribution in [2.45, 2.75) is 17.6 Å². The second-order valence-electron chi connectivity index (χ2n) is 8.09. The lowest BCUT2D eigenvalue weighted by atomic mass is 10.1. The average molecular weight is 632 g/mol. The van der Waals surface area contributed by atoms with E-state index in [0.717, 1.165) is 27.8 Å². The van der Waals surface area contributed by atoms with Gasteiger partial charge in [-0.15, -0.1) is 11.3 Å². The fraction of sp³-hybridized carbons (Fsp3) is 0.160. The smallest absolute Gasteiger partial charge is 0.269 e. The van der Waals surface area contributed by atoms with Gasteiger partial charge >= 0.3 is 0 Å². The summed E-state index contributed by atoms with van der Waals surface area (Å²) in [6.45, 7) is -0.194. The van der Waals surface area contributed by atoms with Gasteiger partial charge < -0.3 is 20.5 Å². The molecule has 0 aliphatic carbocycles. The molecule has 0 aliphatic rings. The predicted octanol–water partition coefficient (Wildman–Crippen LogP) is 6.72. The molecule has 39 heavy (non-hydrogen) atoms. The average Bonchev–Trinajstić information content (AvgIpc) is 3.42. The van der Waals surface area contributed by atoms with Crippen LogP contribution in [0.3, 0.4) is 0 Å². The van der Waals surface area contributed by atoms with Crippen LogP contribution in [0.25, 0.3) is 0 Å². The summed E-state index contributed by atoms with van der Waals surface area (Å²) in [6.07, 6.45) is 0.586. The zero-order valence-corrected chi connectivity index (χ0v) is 24.4. The van der Waals surface area contributed by atoms with Crippen molar-refractivity contribution in [1.29, 1.82) is 0 Å². The van der Waals surface area contributed by atoms with Crippen LogP contribution >= 0.6 is 46.1 Å². The number of nitrogens with two attached hydrogens (primary N) is 1. The van der Waals surface area contributed by atoms with Crippen LogP contribution in [-0.2, 0) is 16.6 Å². The first-order valence-corrected chi connectivity index (χ1v) is 14.6. The van der Waals surface area contributed by atoms with Gasteiger partial charge in [-0.2, -0.15) is 0 Å². The highest BCUT2D eigenvalue weighted by molar-refractivity contribution is 7.93. The number of anilines is 2. The van der Waals surface area contributed by atoms with Gasteiger partial charge in [0.15, 0.2) is 5.13 Å². The van der Waals surface area contributed by atoms with Crippen molar-refractivity contribution in [3.05, 3.63) is 92.1 Å². The Morgan fingerprint density at radius 1 is 1.08 bits per heavy atom. The molecule has 4 rings (SSSR count). The van der Waals surface area contributed by atoms with E-state index in [1.807, 2.05) is 0 Å². The topological polar surface area (TPSA) is 107 Å². The molecule has 3 aromatic carbocycles. The fourth-order valence-electron chi connectivity index (χ4n) is 3.69. The van der Waals surface area contributed by atoms with Gasteiger partial charge in [-0.25, -0.2) is 22.1 Å². The van der Waals surface area contributed by atoms with Gasteiger partial charge in [0.25, 0.3) is 10.0 Å². The third-order valence-electron chi connectivity index (χ3n) is 5.59. The van der Waals surface area contributed by atoms with Crippen LogP contribution in [0.5, 0.6) is 11.5 Å². The first-order valence-electron chi connectivity index (χ1n) is 11.1. The zero-order valence-electron chi connectivity index (χ0n) is 20.5. The first-order chi connectivity index (χ1) is 18.5. The number of nitrogens with one attached hydrogen (secondary N) is 1. The van der Waals surface area contributed by atoms with Gasteiger partial charge in [0.05, 0.1) is 31.5 Å². The molecule has 8 nitrogen and oxygen atoms in total. The normalized spacial score (nSPS) is 12.2. The number of rotatable bonds is 10. The Hall–Kier alpha value is -2.80. The largest absolute Gasteiger partial charge is 0.497 e. The molecular weight excluding hydrogens is 610 g/mol. The van der Waals surface area contributed by atoms with Crippen LogP contribution in [0.1, 0.15) is 17.3 Å². The van der Waals surface area contributed by atoms with Gasteiger partial charge in [-0.05, 0) is 48.0 Å². The molecular formula is C25H22Cl3FN4O4S2. The minimum absolute atomic E-state index is 0.0698. The van der Waals surface area contributed by atoms with Crippen LogP contribution in [0.4, 0.5) is 15.2 Å². The number of aromatic nitrogens is 1. The van der Waals surface area contributed by atoms with Crippen molar-refractivity contribution in [2.24, 2.45) is 5.73 Å². The van der Waals surface area contributed by atoms with Gasteiger partial charge in [0.1, 0.15) is 28.4 Å². The van der Waals surface area contributed by atoms with Crippen LogP contribution in [0.2, 0.25) is 15.1 Å². The van der Waals surface area contributed by atoms with E-state index in [2.05, 4.69) is 10.3 Å². The molecule has 0 unspecified atom stereocenters. The quantitative estimate of drug-likeness (QED) is 0.187. The molecule has 14 heteroatoms. The summed E-state index contributed by atoms with van der Waals surface area (Å²) >= 11 is 19.6. The van der Waals surface area contributed by atoms with Gasteiger partial charge in [0.2, 0.25) is 0 Å². The second-order valence-corrected chi connectivity index (χ2v) is 12.1. The molecule has 0 spiro atoms. The van der Waals surface area contributed by atoms with Crippen molar-refractivity contribution < 1.29 is 22.3 Å². The number of hydrogen-bond acceptors (Lipinski definition) is 8. The van der Waals surface area contributed by atoms with Gasteiger partial charge in [0, 0.05) is 33.3 Å². The first kappa shape index (κ1) is 29.2. The Balaban J connectivity index is 1.70. The van der Waals surface area contributed by atoms with E-state index >= 15 is 4.39 Å². The van der Waals surface area contributed by atoms with Crippen LogP contribution < -0.4 is 24.8 Å². The molecule has 0 bridgehead atoms. The Bertz CT molecular complexity index is 1570. The van der Waals surface area contributed by atoms with Gasteiger partial charge in [-0.1, -0.05) is 34.8 Å². The summed E-state index contributed by atoms with van der Waals surface area (Å²) in [5, 5.41) is 5.27. The summed E-state index contributed by atoms with van der Waals surface area (Å²) in [7, 11) is -1.53. The second kappa shape index (κ2) is 12.2. The summed E-state index contributed by atoms with van der Waals surface area (Å²) in [5.74, 6) is -0.126. The monoisotopic (exact) mass is 630 g/mol. The van der Waals surface area contributed by atoms with Crippen molar-refractivity contribution in [1.82, 2.24) is 4.98 Å². The maximum absolute atomic E-state index is 15.4. The highest BCUT2D eigenvalue weighted by Gasteiger charge is 2.32. The third-order valence-corrected chi connectivity index (χ3v) is 9.00. The van der Waals surface area contributed by atoms with Crippen molar-refractivity contribution in [3.63, 3.8) is 0 Å². The number of sulfonamides is 1. The standard InChI is InChI=1S/C25H22Cl3FN4O4S2/c1-36-18-4-3-14(22(10-18)37-2)13-33(25-31-5-6-38-25)39(34,35)23-11-19(28)21(12-20(23)29)32-24(30)15-7-16(26)9-17(27)8-15/h3-12,24,32H,13,30H2,1-2H3/t24-/m1/s1. The summed E-state index contributed by atoms with van der Waals surface area (Å²) < 4.78 is 54.7. The fourth-order valence-corrected chi connectivity index (χ4v) is 6.86. The lowest BCUT2D eigenvalue weighted by Crippen LogP contribution is -2.31. The molecule has 0 fully saturated rings. The Morgan fingerprint density at radius 3 is 2.41 bits per heavy atom. The van der Waals surface area contributed by atoms with E-state index in [1.165, 1.54) is 20.4 Å². The van der Waals surface area contributed by atoms with E-state index in [1.54, 1.807) is 41.8 Å². The molecule has 206 valence electrons. The summed E-state index contributed by atoms with van der Waals surface area (Å²) in [5.41, 5.74) is 7.29.